The van der Waals surface area contributed by atoms with Crippen LogP contribution >= 0.6 is 0 Å². The van der Waals surface area contributed by atoms with Gasteiger partial charge in [0.1, 0.15) is 22.9 Å². The van der Waals surface area contributed by atoms with E-state index in [9.17, 15) is 17.2 Å². The number of aromatic nitrogens is 5. The first-order valence-corrected chi connectivity index (χ1v) is 11.2. The van der Waals surface area contributed by atoms with Crippen LogP contribution in [0.2, 0.25) is 0 Å². The number of benzene rings is 2. The average Bonchev–Trinajstić information content (AvgIpc) is 3.24. The van der Waals surface area contributed by atoms with Gasteiger partial charge in [0.2, 0.25) is 10.0 Å². The van der Waals surface area contributed by atoms with Crippen LogP contribution in [-0.4, -0.2) is 63.9 Å². The van der Waals surface area contributed by atoms with Crippen LogP contribution < -0.4 is 4.90 Å². The van der Waals surface area contributed by atoms with Gasteiger partial charge in [-0.2, -0.15) is 8.99 Å². The van der Waals surface area contributed by atoms with Gasteiger partial charge in [-0.05, 0) is 36.4 Å². The number of hydrogen-bond acceptors (Lipinski definition) is 7. The Morgan fingerprint density at radius 2 is 1.59 bits per heavy atom. The van der Waals surface area contributed by atoms with Crippen molar-refractivity contribution in [3.05, 3.63) is 66.5 Å². The van der Waals surface area contributed by atoms with E-state index in [1.807, 2.05) is 4.90 Å². The van der Waals surface area contributed by atoms with E-state index in [0.717, 1.165) is 6.07 Å². The van der Waals surface area contributed by atoms with Gasteiger partial charge < -0.3 is 4.90 Å². The van der Waals surface area contributed by atoms with Crippen LogP contribution in [0.3, 0.4) is 0 Å². The van der Waals surface area contributed by atoms with Crippen LogP contribution in [0.5, 0.6) is 0 Å². The molecule has 0 aliphatic carbocycles. The third kappa shape index (κ3) is 3.46. The number of rotatable bonds is 4. The van der Waals surface area contributed by atoms with Gasteiger partial charge >= 0.3 is 0 Å². The molecule has 0 N–H and O–H groups in total. The highest BCUT2D eigenvalue weighted by atomic mass is 32.2. The van der Waals surface area contributed by atoms with Crippen molar-refractivity contribution in [1.82, 2.24) is 29.3 Å². The maximum atomic E-state index is 14.0. The zero-order valence-corrected chi connectivity index (χ0v) is 17.5. The standard InChI is InChI=1S/C20H17F2N7O2S/c21-14-5-7-15(8-6-14)29-20-18(25-26-29)19(23-13-24-20)27-9-11-28(12-10-27)32(30,31)17-4-2-1-3-16(17)22/h1-8,13H,9-12H2. The highest BCUT2D eigenvalue weighted by Crippen LogP contribution is 2.26. The molecule has 0 atom stereocenters. The predicted octanol–water partition coefficient (Wildman–Crippen LogP) is 2.00. The van der Waals surface area contributed by atoms with E-state index in [0.29, 0.717) is 35.8 Å². The fraction of sp³-hybridized carbons (Fsp3) is 0.200. The van der Waals surface area contributed by atoms with Gasteiger partial charge in [-0.15, -0.1) is 5.10 Å². The maximum absolute atomic E-state index is 14.0. The Morgan fingerprint density at radius 1 is 0.875 bits per heavy atom. The lowest BCUT2D eigenvalue weighted by molar-refractivity contribution is 0.381. The summed E-state index contributed by atoms with van der Waals surface area (Å²) >= 11 is 0. The minimum Gasteiger partial charge on any atom is -0.352 e. The van der Waals surface area contributed by atoms with Crippen molar-refractivity contribution < 1.29 is 17.2 Å². The molecule has 0 saturated carbocycles. The van der Waals surface area contributed by atoms with Crippen molar-refractivity contribution in [3.8, 4) is 5.69 Å². The third-order valence-corrected chi connectivity index (χ3v) is 7.21. The molecule has 1 saturated heterocycles. The van der Waals surface area contributed by atoms with Crippen molar-refractivity contribution in [2.75, 3.05) is 31.1 Å². The average molecular weight is 457 g/mol. The number of fused-ring (bicyclic) bond motifs is 1. The lowest BCUT2D eigenvalue weighted by Gasteiger charge is -2.34. The van der Waals surface area contributed by atoms with E-state index in [4.69, 9.17) is 0 Å². The van der Waals surface area contributed by atoms with Gasteiger partial charge in [-0.3, -0.25) is 0 Å². The van der Waals surface area contributed by atoms with Gasteiger partial charge in [-0.1, -0.05) is 17.3 Å². The van der Waals surface area contributed by atoms with Crippen molar-refractivity contribution in [1.29, 1.82) is 0 Å². The molecule has 1 aliphatic heterocycles. The summed E-state index contributed by atoms with van der Waals surface area (Å²) in [6, 6.07) is 11.1. The zero-order valence-electron chi connectivity index (χ0n) is 16.6. The molecule has 32 heavy (non-hydrogen) atoms. The summed E-state index contributed by atoms with van der Waals surface area (Å²) in [4.78, 5) is 10.1. The monoisotopic (exact) mass is 457 g/mol. The van der Waals surface area contributed by atoms with Crippen LogP contribution in [0, 0.1) is 11.6 Å². The molecule has 0 unspecified atom stereocenters. The first-order valence-electron chi connectivity index (χ1n) is 9.77. The highest BCUT2D eigenvalue weighted by molar-refractivity contribution is 7.89. The molecule has 9 nitrogen and oxygen atoms in total. The topological polar surface area (TPSA) is 97.1 Å². The second-order valence-electron chi connectivity index (χ2n) is 7.17. The predicted molar refractivity (Wildman–Crippen MR) is 112 cm³/mol. The number of nitrogens with zero attached hydrogens (tertiary/aromatic N) is 7. The Balaban J connectivity index is 1.40. The lowest BCUT2D eigenvalue weighted by Crippen LogP contribution is -2.49. The molecule has 5 rings (SSSR count). The Kier molecular flexibility index (Phi) is 5.02. The number of halogens is 2. The first-order chi connectivity index (χ1) is 15.4. The van der Waals surface area contributed by atoms with E-state index in [1.165, 1.54) is 45.6 Å². The number of anilines is 1. The number of hydrogen-bond donors (Lipinski definition) is 0. The Hall–Kier alpha value is -3.51. The molecule has 0 radical (unpaired) electrons. The molecule has 4 aromatic rings. The Bertz CT molecular complexity index is 1380. The lowest BCUT2D eigenvalue weighted by atomic mass is 10.3. The summed E-state index contributed by atoms with van der Waals surface area (Å²) in [5, 5.41) is 8.31. The third-order valence-electron chi connectivity index (χ3n) is 5.28. The van der Waals surface area contributed by atoms with E-state index in [2.05, 4.69) is 20.3 Å². The van der Waals surface area contributed by atoms with Crippen LogP contribution in [-0.2, 0) is 10.0 Å². The summed E-state index contributed by atoms with van der Waals surface area (Å²) < 4.78 is 55.7. The molecule has 1 aliphatic rings. The summed E-state index contributed by atoms with van der Waals surface area (Å²) in [5.74, 6) is -0.618. The summed E-state index contributed by atoms with van der Waals surface area (Å²) in [6.45, 7) is 0.995. The molecule has 3 heterocycles. The zero-order chi connectivity index (χ0) is 22.3. The minimum atomic E-state index is -3.94. The van der Waals surface area contributed by atoms with E-state index >= 15 is 0 Å². The van der Waals surface area contributed by atoms with Crippen molar-refractivity contribution in [2.24, 2.45) is 0 Å². The van der Waals surface area contributed by atoms with Gasteiger partial charge in [0.05, 0.1) is 5.69 Å². The second kappa shape index (κ2) is 7.88. The Morgan fingerprint density at radius 3 is 2.31 bits per heavy atom. The van der Waals surface area contributed by atoms with E-state index in [-0.39, 0.29) is 23.8 Å². The summed E-state index contributed by atoms with van der Waals surface area (Å²) in [7, 11) is -3.94. The second-order valence-corrected chi connectivity index (χ2v) is 9.08. The van der Waals surface area contributed by atoms with Gasteiger partial charge in [0.15, 0.2) is 17.0 Å². The van der Waals surface area contributed by atoms with Gasteiger partial charge in [0, 0.05) is 26.2 Å². The fourth-order valence-electron chi connectivity index (χ4n) is 3.66. The van der Waals surface area contributed by atoms with Crippen LogP contribution in [0.25, 0.3) is 16.9 Å². The molecule has 0 spiro atoms. The van der Waals surface area contributed by atoms with Crippen molar-refractivity contribution in [3.63, 3.8) is 0 Å². The highest BCUT2D eigenvalue weighted by Gasteiger charge is 2.31. The number of sulfonamides is 1. The molecule has 0 bridgehead atoms. The smallest absolute Gasteiger partial charge is 0.246 e. The maximum Gasteiger partial charge on any atom is 0.246 e. The fourth-order valence-corrected chi connectivity index (χ4v) is 5.14. The van der Waals surface area contributed by atoms with Crippen molar-refractivity contribution in [2.45, 2.75) is 4.90 Å². The molecule has 2 aromatic heterocycles. The van der Waals surface area contributed by atoms with Crippen LogP contribution in [0.4, 0.5) is 14.6 Å². The largest absolute Gasteiger partial charge is 0.352 e. The molecular weight excluding hydrogens is 440 g/mol. The quantitative estimate of drug-likeness (QED) is 0.462. The Labute approximate surface area is 182 Å². The molecule has 2 aromatic carbocycles. The van der Waals surface area contributed by atoms with E-state index in [1.54, 1.807) is 12.1 Å². The summed E-state index contributed by atoms with van der Waals surface area (Å²) in [5.41, 5.74) is 1.49. The minimum absolute atomic E-state index is 0.161. The van der Waals surface area contributed by atoms with Crippen molar-refractivity contribution >= 4 is 27.0 Å². The SMILES string of the molecule is O=S(=O)(c1ccccc1F)N1CCN(c2ncnc3c2nnn3-c2ccc(F)cc2)CC1. The van der Waals surface area contributed by atoms with Crippen LogP contribution in [0.1, 0.15) is 0 Å². The molecule has 0 amide bonds. The number of piperazine rings is 1. The molecule has 1 fully saturated rings. The summed E-state index contributed by atoms with van der Waals surface area (Å²) in [6.07, 6.45) is 1.38. The molecular formula is C20H17F2N7O2S. The normalized spacial score (nSPS) is 15.4. The first kappa shape index (κ1) is 20.4. The molecule has 12 heteroatoms. The molecule has 164 valence electrons. The van der Waals surface area contributed by atoms with Crippen LogP contribution in [0.15, 0.2) is 59.8 Å². The van der Waals surface area contributed by atoms with Gasteiger partial charge in [0.25, 0.3) is 0 Å². The van der Waals surface area contributed by atoms with Gasteiger partial charge in [-0.25, -0.2) is 27.2 Å². The van der Waals surface area contributed by atoms with E-state index < -0.39 is 15.8 Å².